The molecule has 2 rings (SSSR count). The number of carbonyl (C=O) groups excluding carboxylic acids is 1. The number of nitrogens with one attached hydrogen (secondary N) is 1. The minimum absolute atomic E-state index is 0.169. The van der Waals surface area contributed by atoms with Crippen LogP contribution in [0.5, 0.6) is 0 Å². The molecule has 0 aromatic carbocycles. The van der Waals surface area contributed by atoms with Crippen molar-refractivity contribution in [2.24, 2.45) is 5.92 Å². The zero-order chi connectivity index (χ0) is 10.5. The topological polar surface area (TPSA) is 54.9 Å². The van der Waals surface area contributed by atoms with Gasteiger partial charge in [-0.15, -0.1) is 0 Å². The third kappa shape index (κ3) is 2.83. The van der Waals surface area contributed by atoms with Crippen LogP contribution in [0.2, 0.25) is 0 Å². The molecule has 2 heterocycles. The van der Waals surface area contributed by atoms with Crippen molar-refractivity contribution in [3.05, 3.63) is 24.3 Å². The molecule has 0 aliphatic carbocycles. The zero-order valence-electron chi connectivity index (χ0n) is 8.65. The molecule has 0 radical (unpaired) electrons. The fraction of sp³-hybridized carbons (Fsp3) is 0.545. The predicted molar refractivity (Wildman–Crippen MR) is 56.6 cm³/mol. The molecule has 15 heavy (non-hydrogen) atoms. The molecule has 1 aromatic heterocycles. The van der Waals surface area contributed by atoms with E-state index in [1.807, 2.05) is 0 Å². The van der Waals surface area contributed by atoms with Crippen LogP contribution in [0.1, 0.15) is 29.6 Å². The van der Waals surface area contributed by atoms with Gasteiger partial charge in [-0.3, -0.25) is 4.79 Å². The minimum atomic E-state index is 0.169. The lowest BCUT2D eigenvalue weighted by molar-refractivity contribution is 0.0951. The summed E-state index contributed by atoms with van der Waals surface area (Å²) in [6.07, 6.45) is 7.46. The predicted octanol–water partition coefficient (Wildman–Crippen LogP) is 1.05. The van der Waals surface area contributed by atoms with E-state index >= 15 is 0 Å². The van der Waals surface area contributed by atoms with E-state index in [1.54, 1.807) is 12.4 Å². The lowest BCUT2D eigenvalue weighted by Gasteiger charge is -2.21. The SMILES string of the molecule is O=C(CC1CCNCC1)c1cncnc1. The molecule has 0 bridgehead atoms. The van der Waals surface area contributed by atoms with Crippen LogP contribution in [0.3, 0.4) is 0 Å². The standard InChI is InChI=1S/C11H15N3O/c15-11(10-6-13-8-14-7-10)5-9-1-3-12-4-2-9/h6-9,12H,1-5H2. The second-order valence-corrected chi connectivity index (χ2v) is 3.95. The van der Waals surface area contributed by atoms with E-state index in [4.69, 9.17) is 0 Å². The molecule has 1 aliphatic rings. The molecular formula is C11H15N3O. The first-order valence-electron chi connectivity index (χ1n) is 5.35. The van der Waals surface area contributed by atoms with Crippen LogP contribution in [0.4, 0.5) is 0 Å². The smallest absolute Gasteiger partial charge is 0.166 e. The molecule has 1 saturated heterocycles. The molecule has 1 N–H and O–H groups in total. The maximum Gasteiger partial charge on any atom is 0.166 e. The number of hydrogen-bond donors (Lipinski definition) is 1. The highest BCUT2D eigenvalue weighted by Crippen LogP contribution is 2.18. The van der Waals surface area contributed by atoms with Crippen molar-refractivity contribution in [3.63, 3.8) is 0 Å². The second kappa shape index (κ2) is 4.98. The van der Waals surface area contributed by atoms with E-state index in [0.717, 1.165) is 25.9 Å². The van der Waals surface area contributed by atoms with Crippen LogP contribution in [-0.2, 0) is 0 Å². The van der Waals surface area contributed by atoms with E-state index in [9.17, 15) is 4.79 Å². The van der Waals surface area contributed by atoms with Gasteiger partial charge in [0.2, 0.25) is 0 Å². The Labute approximate surface area is 89.1 Å². The van der Waals surface area contributed by atoms with E-state index in [-0.39, 0.29) is 5.78 Å². The summed E-state index contributed by atoms with van der Waals surface area (Å²) in [7, 11) is 0. The van der Waals surface area contributed by atoms with Crippen LogP contribution in [0, 0.1) is 5.92 Å². The molecule has 0 saturated carbocycles. The van der Waals surface area contributed by atoms with Crippen LogP contribution in [-0.4, -0.2) is 28.8 Å². The van der Waals surface area contributed by atoms with Crippen molar-refractivity contribution in [3.8, 4) is 0 Å². The molecule has 80 valence electrons. The fourth-order valence-corrected chi connectivity index (χ4v) is 1.91. The molecule has 1 aromatic rings. The van der Waals surface area contributed by atoms with Gasteiger partial charge in [-0.05, 0) is 31.8 Å². The Morgan fingerprint density at radius 1 is 1.33 bits per heavy atom. The number of Topliss-reactive ketones (excluding diaryl/α,β-unsaturated/α-hetero) is 1. The third-order valence-corrected chi connectivity index (χ3v) is 2.82. The van der Waals surface area contributed by atoms with Gasteiger partial charge < -0.3 is 5.32 Å². The largest absolute Gasteiger partial charge is 0.317 e. The lowest BCUT2D eigenvalue weighted by Crippen LogP contribution is -2.28. The molecular weight excluding hydrogens is 190 g/mol. The van der Waals surface area contributed by atoms with Gasteiger partial charge in [0.05, 0.1) is 5.56 Å². The maximum absolute atomic E-state index is 11.8. The van der Waals surface area contributed by atoms with Gasteiger partial charge in [0.25, 0.3) is 0 Å². The van der Waals surface area contributed by atoms with Gasteiger partial charge >= 0.3 is 0 Å². The number of hydrogen-bond acceptors (Lipinski definition) is 4. The highest BCUT2D eigenvalue weighted by Gasteiger charge is 2.17. The molecule has 0 amide bonds. The van der Waals surface area contributed by atoms with Gasteiger partial charge in [0, 0.05) is 18.8 Å². The number of carbonyl (C=O) groups is 1. The first kappa shape index (κ1) is 10.2. The maximum atomic E-state index is 11.8. The number of aromatic nitrogens is 2. The second-order valence-electron chi connectivity index (χ2n) is 3.95. The highest BCUT2D eigenvalue weighted by molar-refractivity contribution is 5.95. The first-order chi connectivity index (χ1) is 7.36. The summed E-state index contributed by atoms with van der Waals surface area (Å²) in [6, 6.07) is 0. The molecule has 4 nitrogen and oxygen atoms in total. The highest BCUT2D eigenvalue weighted by atomic mass is 16.1. The average molecular weight is 205 g/mol. The summed E-state index contributed by atoms with van der Waals surface area (Å²) in [6.45, 7) is 2.06. The van der Waals surface area contributed by atoms with Gasteiger partial charge in [-0.2, -0.15) is 0 Å². The Hall–Kier alpha value is -1.29. The fourth-order valence-electron chi connectivity index (χ4n) is 1.91. The van der Waals surface area contributed by atoms with Crippen molar-refractivity contribution in [1.29, 1.82) is 0 Å². The van der Waals surface area contributed by atoms with Crippen molar-refractivity contribution >= 4 is 5.78 Å². The summed E-state index contributed by atoms with van der Waals surface area (Å²) < 4.78 is 0. The van der Waals surface area contributed by atoms with E-state index < -0.39 is 0 Å². The Kier molecular flexibility index (Phi) is 3.40. The summed E-state index contributed by atoms with van der Waals surface area (Å²) in [5, 5.41) is 3.29. The summed E-state index contributed by atoms with van der Waals surface area (Å²) >= 11 is 0. The van der Waals surface area contributed by atoms with Crippen LogP contribution in [0.15, 0.2) is 18.7 Å². The van der Waals surface area contributed by atoms with Crippen molar-refractivity contribution < 1.29 is 4.79 Å². The van der Waals surface area contributed by atoms with Crippen molar-refractivity contribution in [2.75, 3.05) is 13.1 Å². The number of nitrogens with zero attached hydrogens (tertiary/aromatic N) is 2. The lowest BCUT2D eigenvalue weighted by atomic mass is 9.91. The average Bonchev–Trinajstić information content (AvgIpc) is 2.31. The molecule has 0 spiro atoms. The van der Waals surface area contributed by atoms with Gasteiger partial charge in [0.1, 0.15) is 6.33 Å². The van der Waals surface area contributed by atoms with E-state index in [2.05, 4.69) is 15.3 Å². The van der Waals surface area contributed by atoms with Gasteiger partial charge in [0.15, 0.2) is 5.78 Å². The van der Waals surface area contributed by atoms with Gasteiger partial charge in [-0.1, -0.05) is 0 Å². The summed E-state index contributed by atoms with van der Waals surface area (Å²) in [4.78, 5) is 19.5. The number of ketones is 1. The quantitative estimate of drug-likeness (QED) is 0.749. The van der Waals surface area contributed by atoms with Crippen LogP contribution < -0.4 is 5.32 Å². The Bertz CT molecular complexity index is 320. The monoisotopic (exact) mass is 205 g/mol. The summed E-state index contributed by atoms with van der Waals surface area (Å²) in [5.41, 5.74) is 0.635. The van der Waals surface area contributed by atoms with Crippen LogP contribution >= 0.6 is 0 Å². The zero-order valence-corrected chi connectivity index (χ0v) is 8.65. The van der Waals surface area contributed by atoms with Crippen molar-refractivity contribution in [1.82, 2.24) is 15.3 Å². The Balaban J connectivity index is 1.91. The Morgan fingerprint density at radius 2 is 2.00 bits per heavy atom. The Morgan fingerprint density at radius 3 is 2.67 bits per heavy atom. The number of piperidine rings is 1. The van der Waals surface area contributed by atoms with Gasteiger partial charge in [-0.25, -0.2) is 9.97 Å². The first-order valence-corrected chi connectivity index (χ1v) is 5.35. The molecule has 1 aliphatic heterocycles. The molecule has 4 heteroatoms. The van der Waals surface area contributed by atoms with Crippen LogP contribution in [0.25, 0.3) is 0 Å². The third-order valence-electron chi connectivity index (χ3n) is 2.82. The van der Waals surface area contributed by atoms with E-state index in [1.165, 1.54) is 6.33 Å². The normalized spacial score (nSPS) is 17.6. The minimum Gasteiger partial charge on any atom is -0.317 e. The molecule has 0 unspecified atom stereocenters. The number of rotatable bonds is 3. The van der Waals surface area contributed by atoms with Crippen molar-refractivity contribution in [2.45, 2.75) is 19.3 Å². The summed E-state index contributed by atoms with van der Waals surface area (Å²) in [5.74, 6) is 0.696. The molecule has 0 atom stereocenters. The molecule has 1 fully saturated rings. The van der Waals surface area contributed by atoms with E-state index in [0.29, 0.717) is 17.9 Å².